The Hall–Kier alpha value is -0.990. The Labute approximate surface area is 98.0 Å². The van der Waals surface area contributed by atoms with Gasteiger partial charge in [-0.25, -0.2) is 18.6 Å². The van der Waals surface area contributed by atoms with Gasteiger partial charge < -0.3 is 10.5 Å². The summed E-state index contributed by atoms with van der Waals surface area (Å²) in [6, 6.07) is 1.23. The van der Waals surface area contributed by atoms with E-state index >= 15 is 0 Å². The summed E-state index contributed by atoms with van der Waals surface area (Å²) in [6.45, 7) is 0. The highest BCUT2D eigenvalue weighted by atomic mass is 127. The molecule has 0 amide bonds. The van der Waals surface area contributed by atoms with Gasteiger partial charge in [0.1, 0.15) is 17.1 Å². The van der Waals surface area contributed by atoms with E-state index in [0.717, 1.165) is 0 Å². The Morgan fingerprint density at radius 2 is 2.27 bits per heavy atom. The highest BCUT2D eigenvalue weighted by Crippen LogP contribution is 2.25. The molecule has 1 aromatic heterocycles. The summed E-state index contributed by atoms with van der Waals surface area (Å²) in [4.78, 5) is 14.6. The maximum Gasteiger partial charge on any atom is 0.341 e. The third-order valence-corrected chi connectivity index (χ3v) is 2.51. The molecule has 0 fully saturated rings. The minimum Gasteiger partial charge on any atom is -0.465 e. The fourth-order valence-electron chi connectivity index (χ4n) is 0.944. The van der Waals surface area contributed by atoms with Gasteiger partial charge in [0.2, 0.25) is 0 Å². The second kappa shape index (κ2) is 4.69. The van der Waals surface area contributed by atoms with Gasteiger partial charge in [-0.05, 0) is 28.7 Å². The molecule has 15 heavy (non-hydrogen) atoms. The number of carbonyl (C=O) groups excluding carboxylic acids is 1. The molecule has 0 bridgehead atoms. The van der Waals surface area contributed by atoms with E-state index in [9.17, 15) is 13.6 Å². The molecular weight excluding hydrogens is 321 g/mol. The minimum absolute atomic E-state index is 0.00806. The van der Waals surface area contributed by atoms with Crippen LogP contribution in [0.3, 0.4) is 0 Å². The number of nitrogen functional groups attached to an aromatic ring is 1. The molecule has 82 valence electrons. The van der Waals surface area contributed by atoms with Gasteiger partial charge in [0.15, 0.2) is 0 Å². The molecule has 7 heteroatoms. The SMILES string of the molecule is COC(=O)c1cc(I)c(C(F)F)nc1N. The Morgan fingerprint density at radius 1 is 1.67 bits per heavy atom. The van der Waals surface area contributed by atoms with E-state index in [-0.39, 0.29) is 15.0 Å². The predicted octanol–water partition coefficient (Wildman–Crippen LogP) is 1.99. The number of esters is 1. The van der Waals surface area contributed by atoms with Gasteiger partial charge in [0, 0.05) is 3.57 Å². The molecular formula is C8H7F2IN2O2. The topological polar surface area (TPSA) is 65.2 Å². The Kier molecular flexibility index (Phi) is 3.77. The molecule has 0 aromatic carbocycles. The molecule has 0 unspecified atom stereocenters. The molecule has 0 aliphatic heterocycles. The van der Waals surface area contributed by atoms with Crippen LogP contribution in [-0.2, 0) is 4.74 Å². The summed E-state index contributed by atoms with van der Waals surface area (Å²) < 4.78 is 29.4. The molecule has 0 saturated heterocycles. The van der Waals surface area contributed by atoms with Gasteiger partial charge in [-0.15, -0.1) is 0 Å². The van der Waals surface area contributed by atoms with Crippen molar-refractivity contribution < 1.29 is 18.3 Å². The minimum atomic E-state index is -2.72. The molecule has 0 saturated carbocycles. The number of nitrogens with two attached hydrogens (primary N) is 1. The van der Waals surface area contributed by atoms with Crippen LogP contribution in [0.5, 0.6) is 0 Å². The van der Waals surface area contributed by atoms with E-state index in [1.165, 1.54) is 13.2 Å². The Morgan fingerprint density at radius 3 is 2.73 bits per heavy atom. The van der Waals surface area contributed by atoms with Crippen molar-refractivity contribution in [2.45, 2.75) is 6.43 Å². The lowest BCUT2D eigenvalue weighted by Gasteiger charge is -2.07. The normalized spacial score (nSPS) is 10.5. The van der Waals surface area contributed by atoms with E-state index in [4.69, 9.17) is 5.73 Å². The molecule has 1 aromatic rings. The first-order valence-corrected chi connectivity index (χ1v) is 4.87. The third-order valence-electron chi connectivity index (χ3n) is 1.64. The van der Waals surface area contributed by atoms with Crippen LogP contribution in [0.1, 0.15) is 22.5 Å². The molecule has 0 aliphatic rings. The lowest BCUT2D eigenvalue weighted by molar-refractivity contribution is 0.0601. The molecule has 0 aliphatic carbocycles. The molecule has 0 atom stereocenters. The standard InChI is InChI=1S/C8H7F2IN2O2/c1-15-8(14)3-2-4(11)5(6(9)10)13-7(3)12/h2,6H,1H3,(H2,12,13). The van der Waals surface area contributed by atoms with Crippen molar-refractivity contribution in [3.8, 4) is 0 Å². The number of carbonyl (C=O) groups is 1. The van der Waals surface area contributed by atoms with E-state index in [1.807, 2.05) is 0 Å². The number of ether oxygens (including phenoxy) is 1. The summed E-state index contributed by atoms with van der Waals surface area (Å²) >= 11 is 1.66. The molecule has 2 N–H and O–H groups in total. The number of aromatic nitrogens is 1. The van der Waals surface area contributed by atoms with Crippen molar-refractivity contribution in [3.05, 3.63) is 20.9 Å². The monoisotopic (exact) mass is 328 g/mol. The van der Waals surface area contributed by atoms with Gasteiger partial charge in [0.05, 0.1) is 7.11 Å². The average molecular weight is 328 g/mol. The number of hydrogen-bond acceptors (Lipinski definition) is 4. The third kappa shape index (κ3) is 2.52. The highest BCUT2D eigenvalue weighted by molar-refractivity contribution is 14.1. The van der Waals surface area contributed by atoms with Crippen molar-refractivity contribution in [2.75, 3.05) is 12.8 Å². The van der Waals surface area contributed by atoms with E-state index in [0.29, 0.717) is 0 Å². The molecule has 0 spiro atoms. The first-order valence-electron chi connectivity index (χ1n) is 3.79. The van der Waals surface area contributed by atoms with E-state index in [2.05, 4.69) is 9.72 Å². The first kappa shape index (κ1) is 12.1. The van der Waals surface area contributed by atoms with Gasteiger partial charge in [-0.3, -0.25) is 0 Å². The number of pyridine rings is 1. The van der Waals surface area contributed by atoms with Crippen LogP contribution in [-0.4, -0.2) is 18.1 Å². The largest absolute Gasteiger partial charge is 0.465 e. The zero-order chi connectivity index (χ0) is 11.6. The van der Waals surface area contributed by atoms with E-state index < -0.39 is 18.1 Å². The second-order valence-corrected chi connectivity index (χ2v) is 3.74. The Balaban J connectivity index is 3.25. The lowest BCUT2D eigenvalue weighted by atomic mass is 10.2. The smallest absolute Gasteiger partial charge is 0.341 e. The molecule has 1 rings (SSSR count). The maximum absolute atomic E-state index is 12.4. The molecule has 0 radical (unpaired) electrons. The fourth-order valence-corrected chi connectivity index (χ4v) is 1.61. The van der Waals surface area contributed by atoms with Crippen LogP contribution in [0, 0.1) is 3.57 Å². The number of alkyl halides is 2. The average Bonchev–Trinajstić information content (AvgIpc) is 2.19. The number of methoxy groups -OCH3 is 1. The van der Waals surface area contributed by atoms with Crippen LogP contribution in [0.15, 0.2) is 6.07 Å². The Bertz CT molecular complexity index is 398. The van der Waals surface area contributed by atoms with Crippen molar-refractivity contribution >= 4 is 34.4 Å². The summed E-state index contributed by atoms with van der Waals surface area (Å²) in [7, 11) is 1.18. The summed E-state index contributed by atoms with van der Waals surface area (Å²) in [6.07, 6.45) is -2.72. The summed E-state index contributed by atoms with van der Waals surface area (Å²) in [5.41, 5.74) is 4.92. The quantitative estimate of drug-likeness (QED) is 0.666. The van der Waals surface area contributed by atoms with Gasteiger partial charge in [0.25, 0.3) is 6.43 Å². The number of rotatable bonds is 2. The van der Waals surface area contributed by atoms with Crippen LogP contribution in [0.25, 0.3) is 0 Å². The lowest BCUT2D eigenvalue weighted by Crippen LogP contribution is -2.10. The zero-order valence-corrected chi connectivity index (χ0v) is 9.79. The van der Waals surface area contributed by atoms with Crippen LogP contribution >= 0.6 is 22.6 Å². The number of anilines is 1. The van der Waals surface area contributed by atoms with Crippen LogP contribution in [0.2, 0.25) is 0 Å². The fraction of sp³-hybridized carbons (Fsp3) is 0.250. The van der Waals surface area contributed by atoms with Crippen LogP contribution in [0.4, 0.5) is 14.6 Å². The predicted molar refractivity (Wildman–Crippen MR) is 57.7 cm³/mol. The second-order valence-electron chi connectivity index (χ2n) is 2.58. The van der Waals surface area contributed by atoms with Gasteiger partial charge >= 0.3 is 5.97 Å². The van der Waals surface area contributed by atoms with Crippen molar-refractivity contribution in [1.29, 1.82) is 0 Å². The first-order chi connectivity index (χ1) is 6.97. The van der Waals surface area contributed by atoms with Gasteiger partial charge in [-0.2, -0.15) is 0 Å². The zero-order valence-electron chi connectivity index (χ0n) is 7.63. The van der Waals surface area contributed by atoms with Crippen LogP contribution < -0.4 is 5.73 Å². The number of nitrogens with zero attached hydrogens (tertiary/aromatic N) is 1. The number of hydrogen-bond donors (Lipinski definition) is 1. The van der Waals surface area contributed by atoms with Crippen molar-refractivity contribution in [3.63, 3.8) is 0 Å². The van der Waals surface area contributed by atoms with Crippen molar-refractivity contribution in [2.24, 2.45) is 0 Å². The molecule has 4 nitrogen and oxygen atoms in total. The summed E-state index contributed by atoms with van der Waals surface area (Å²) in [5, 5.41) is 0. The van der Waals surface area contributed by atoms with E-state index in [1.54, 1.807) is 22.6 Å². The van der Waals surface area contributed by atoms with Crippen molar-refractivity contribution in [1.82, 2.24) is 4.98 Å². The molecule has 1 heterocycles. The highest BCUT2D eigenvalue weighted by Gasteiger charge is 2.19. The summed E-state index contributed by atoms with van der Waals surface area (Å²) in [5.74, 6) is -0.948. The van der Waals surface area contributed by atoms with Gasteiger partial charge in [-0.1, -0.05) is 0 Å². The maximum atomic E-state index is 12.4. The number of halogens is 3.